The zero-order chi connectivity index (χ0) is 28.9. The summed E-state index contributed by atoms with van der Waals surface area (Å²) in [5.74, 6) is -0.779. The lowest BCUT2D eigenvalue weighted by Gasteiger charge is -2.30. The highest BCUT2D eigenvalue weighted by Crippen LogP contribution is 2.50. The van der Waals surface area contributed by atoms with E-state index >= 15 is 0 Å². The van der Waals surface area contributed by atoms with Gasteiger partial charge in [-0.05, 0) is 58.8 Å². The summed E-state index contributed by atoms with van der Waals surface area (Å²) >= 11 is 0. The molecule has 0 bridgehead atoms. The molecular weight excluding hydrogens is 548 g/mol. The van der Waals surface area contributed by atoms with Gasteiger partial charge >= 0.3 is 12.1 Å². The van der Waals surface area contributed by atoms with Crippen molar-refractivity contribution in [2.75, 3.05) is 0 Å². The zero-order valence-corrected chi connectivity index (χ0v) is 22.7. The van der Waals surface area contributed by atoms with Crippen molar-refractivity contribution in [3.05, 3.63) is 145 Å². The topological polar surface area (TPSA) is 52.6 Å². The number of fused-ring (bicyclic) bond motifs is 1. The van der Waals surface area contributed by atoms with E-state index in [2.05, 4.69) is 0 Å². The molecule has 5 rings (SSSR count). The first-order valence-electron chi connectivity index (χ1n) is 13.0. The van der Waals surface area contributed by atoms with Crippen molar-refractivity contribution in [2.45, 2.75) is 24.8 Å². The first-order valence-corrected chi connectivity index (χ1v) is 14.6. The standard InChI is InChI=1S/C33H26F3O4P/c34-33(35,36)31(40-41(38,28-16-6-2-7-17-28)29-18-8-3-9-19-29)23-30(39-32(37)25-13-4-1-5-14-25)27-21-20-24-12-10-11-15-26(24)22-27/h1-22,30-31H,23H2. The van der Waals surface area contributed by atoms with Gasteiger partial charge in [0, 0.05) is 17.0 Å². The molecule has 4 nitrogen and oxygen atoms in total. The van der Waals surface area contributed by atoms with Gasteiger partial charge in [0.05, 0.1) is 5.56 Å². The van der Waals surface area contributed by atoms with Crippen LogP contribution in [0.4, 0.5) is 13.2 Å². The molecule has 0 aliphatic heterocycles. The molecule has 8 heteroatoms. The summed E-state index contributed by atoms with van der Waals surface area (Å²) in [5, 5.41) is 1.91. The molecule has 0 aliphatic rings. The fourth-order valence-electron chi connectivity index (χ4n) is 4.56. The van der Waals surface area contributed by atoms with Gasteiger partial charge in [-0.2, -0.15) is 13.2 Å². The van der Waals surface area contributed by atoms with Gasteiger partial charge in [-0.15, -0.1) is 0 Å². The van der Waals surface area contributed by atoms with E-state index < -0.39 is 38.1 Å². The van der Waals surface area contributed by atoms with Crippen LogP contribution < -0.4 is 10.6 Å². The normalized spacial score (nSPS) is 13.4. The maximum Gasteiger partial charge on any atom is 0.415 e. The third-order valence-electron chi connectivity index (χ3n) is 6.67. The number of esters is 1. The Labute approximate surface area is 235 Å². The number of carbonyl (C=O) groups is 1. The fraction of sp³-hybridized carbons (Fsp3) is 0.121. The van der Waals surface area contributed by atoms with Crippen molar-refractivity contribution in [3.63, 3.8) is 0 Å². The van der Waals surface area contributed by atoms with Crippen LogP contribution in [-0.4, -0.2) is 18.2 Å². The van der Waals surface area contributed by atoms with E-state index in [0.717, 1.165) is 10.8 Å². The molecule has 41 heavy (non-hydrogen) atoms. The summed E-state index contributed by atoms with van der Waals surface area (Å²) < 4.78 is 69.8. The number of alkyl halides is 3. The summed E-state index contributed by atoms with van der Waals surface area (Å²) in [6, 6.07) is 36.2. The minimum Gasteiger partial charge on any atom is -0.454 e. The lowest BCUT2D eigenvalue weighted by molar-refractivity contribution is -0.201. The number of rotatable bonds is 9. The van der Waals surface area contributed by atoms with Gasteiger partial charge in [0.2, 0.25) is 0 Å². The predicted molar refractivity (Wildman–Crippen MR) is 154 cm³/mol. The van der Waals surface area contributed by atoms with Crippen LogP contribution in [0.2, 0.25) is 0 Å². The maximum absolute atomic E-state index is 14.7. The highest BCUT2D eigenvalue weighted by molar-refractivity contribution is 7.74. The van der Waals surface area contributed by atoms with Crippen LogP contribution in [0, 0.1) is 0 Å². The quantitative estimate of drug-likeness (QED) is 0.132. The molecular formula is C33H26F3O4P. The average Bonchev–Trinajstić information content (AvgIpc) is 3.00. The molecule has 208 valence electrons. The van der Waals surface area contributed by atoms with Gasteiger partial charge < -0.3 is 9.26 Å². The Morgan fingerprint density at radius 1 is 0.683 bits per heavy atom. The Bertz CT molecular complexity index is 1610. The van der Waals surface area contributed by atoms with Crippen LogP contribution in [0.3, 0.4) is 0 Å². The van der Waals surface area contributed by atoms with E-state index in [9.17, 15) is 22.5 Å². The Morgan fingerprint density at radius 3 is 1.76 bits per heavy atom. The highest BCUT2D eigenvalue weighted by Gasteiger charge is 2.47. The first-order chi connectivity index (χ1) is 19.7. The number of hydrogen-bond donors (Lipinski definition) is 0. The Balaban J connectivity index is 1.55. The molecule has 2 atom stereocenters. The second-order valence-electron chi connectivity index (χ2n) is 9.46. The van der Waals surface area contributed by atoms with Crippen LogP contribution in [0.1, 0.15) is 28.4 Å². The molecule has 0 spiro atoms. The second-order valence-corrected chi connectivity index (χ2v) is 11.8. The molecule has 0 amide bonds. The molecule has 0 heterocycles. The third-order valence-corrected chi connectivity index (χ3v) is 9.17. The summed E-state index contributed by atoms with van der Waals surface area (Å²) in [6.07, 6.45) is -9.59. The lowest BCUT2D eigenvalue weighted by Crippen LogP contribution is -2.36. The van der Waals surface area contributed by atoms with Crippen molar-refractivity contribution in [1.29, 1.82) is 0 Å². The minimum atomic E-state index is -4.92. The SMILES string of the molecule is O=C(OC(CC(OP(=O)(c1ccccc1)c1ccccc1)C(F)(F)F)c1ccc2ccccc2c1)c1ccccc1. The molecule has 0 aliphatic carbocycles. The Morgan fingerprint density at radius 2 is 1.20 bits per heavy atom. The van der Waals surface area contributed by atoms with Crippen LogP contribution in [0.15, 0.2) is 133 Å². The van der Waals surface area contributed by atoms with Crippen molar-refractivity contribution in [2.24, 2.45) is 0 Å². The number of carbonyl (C=O) groups excluding carboxylic acids is 1. The van der Waals surface area contributed by atoms with Gasteiger partial charge in [-0.1, -0.05) is 91.0 Å². The minimum absolute atomic E-state index is 0.129. The van der Waals surface area contributed by atoms with Gasteiger partial charge in [-0.3, -0.25) is 4.57 Å². The van der Waals surface area contributed by atoms with Crippen molar-refractivity contribution in [1.82, 2.24) is 0 Å². The molecule has 0 saturated carbocycles. The van der Waals surface area contributed by atoms with E-state index in [-0.39, 0.29) is 16.2 Å². The lowest BCUT2D eigenvalue weighted by atomic mass is 9.99. The van der Waals surface area contributed by atoms with Gasteiger partial charge in [0.1, 0.15) is 6.10 Å². The molecule has 0 N–H and O–H groups in total. The van der Waals surface area contributed by atoms with E-state index in [0.29, 0.717) is 5.56 Å². The zero-order valence-electron chi connectivity index (χ0n) is 21.8. The molecule has 0 saturated heterocycles. The number of benzene rings is 5. The molecule has 5 aromatic rings. The number of hydrogen-bond acceptors (Lipinski definition) is 4. The van der Waals surface area contributed by atoms with Crippen LogP contribution >= 0.6 is 7.37 Å². The second kappa shape index (κ2) is 12.1. The van der Waals surface area contributed by atoms with Gasteiger partial charge in [-0.25, -0.2) is 4.79 Å². The summed E-state index contributed by atoms with van der Waals surface area (Å²) in [5.41, 5.74) is 0.557. The first kappa shape index (κ1) is 28.3. The third kappa shape index (κ3) is 6.59. The molecule has 2 unspecified atom stereocenters. The highest BCUT2D eigenvalue weighted by atomic mass is 31.2. The van der Waals surface area contributed by atoms with Crippen LogP contribution in [0.25, 0.3) is 10.8 Å². The van der Waals surface area contributed by atoms with Crippen LogP contribution in [-0.2, 0) is 13.8 Å². The maximum atomic E-state index is 14.7. The smallest absolute Gasteiger partial charge is 0.415 e. The Hall–Kier alpha value is -4.19. The summed E-state index contributed by atoms with van der Waals surface area (Å²) in [7, 11) is -4.22. The molecule has 0 radical (unpaired) electrons. The largest absolute Gasteiger partial charge is 0.454 e. The van der Waals surface area contributed by atoms with Gasteiger partial charge in [0.25, 0.3) is 7.37 Å². The monoisotopic (exact) mass is 574 g/mol. The molecule has 5 aromatic carbocycles. The van der Waals surface area contributed by atoms with Crippen molar-refractivity contribution in [3.8, 4) is 0 Å². The average molecular weight is 575 g/mol. The number of halogens is 3. The van der Waals surface area contributed by atoms with E-state index in [1.54, 1.807) is 72.8 Å². The van der Waals surface area contributed by atoms with E-state index in [4.69, 9.17) is 9.26 Å². The number of ether oxygens (including phenoxy) is 1. The summed E-state index contributed by atoms with van der Waals surface area (Å²) in [6.45, 7) is 0. The predicted octanol–water partition coefficient (Wildman–Crippen LogP) is 8.00. The summed E-state index contributed by atoms with van der Waals surface area (Å²) in [4.78, 5) is 13.1. The van der Waals surface area contributed by atoms with Gasteiger partial charge in [0.15, 0.2) is 6.10 Å². The van der Waals surface area contributed by atoms with Crippen molar-refractivity contribution < 1.29 is 31.8 Å². The van der Waals surface area contributed by atoms with Crippen LogP contribution in [0.5, 0.6) is 0 Å². The Kier molecular flexibility index (Phi) is 8.39. The fourth-order valence-corrected chi connectivity index (χ4v) is 6.80. The van der Waals surface area contributed by atoms with Crippen molar-refractivity contribution >= 4 is 34.7 Å². The van der Waals surface area contributed by atoms with E-state index in [1.807, 2.05) is 24.3 Å². The molecule has 0 fully saturated rings. The molecule has 0 aromatic heterocycles. The van der Waals surface area contributed by atoms with E-state index in [1.165, 1.54) is 36.4 Å².